The molecule has 1 heterocycles. The van der Waals surface area contributed by atoms with Crippen molar-refractivity contribution < 1.29 is 9.53 Å². The van der Waals surface area contributed by atoms with E-state index in [1.165, 1.54) is 18.3 Å². The van der Waals surface area contributed by atoms with Crippen molar-refractivity contribution in [3.8, 4) is 5.75 Å². The van der Waals surface area contributed by atoms with Crippen molar-refractivity contribution in [1.29, 1.82) is 0 Å². The van der Waals surface area contributed by atoms with E-state index < -0.39 is 11.5 Å². The number of benzene rings is 2. The van der Waals surface area contributed by atoms with Gasteiger partial charge in [-0.1, -0.05) is 53.0 Å². The van der Waals surface area contributed by atoms with Gasteiger partial charge in [-0.05, 0) is 18.2 Å². The predicted octanol–water partition coefficient (Wildman–Crippen LogP) is 3.96. The molecule has 8 heteroatoms. The Morgan fingerprint density at radius 3 is 2.50 bits per heavy atom. The Bertz CT molecular complexity index is 978. The molecule has 5 nitrogen and oxygen atoms in total. The smallest absolute Gasteiger partial charge is 0.333 e. The number of hydrogen-bond donors (Lipinski definition) is 0. The van der Waals surface area contributed by atoms with Gasteiger partial charge >= 0.3 is 5.97 Å². The Morgan fingerprint density at radius 2 is 1.79 bits per heavy atom. The molecule has 0 aliphatic carbocycles. The second-order valence-corrected chi connectivity index (χ2v) is 6.12. The minimum absolute atomic E-state index is 0.0124. The summed E-state index contributed by atoms with van der Waals surface area (Å²) in [6.07, 6.45) is 1.51. The molecule has 0 N–H and O–H groups in total. The first-order chi connectivity index (χ1) is 11.5. The van der Waals surface area contributed by atoms with Gasteiger partial charge in [0.15, 0.2) is 5.75 Å². The molecule has 0 saturated carbocycles. The summed E-state index contributed by atoms with van der Waals surface area (Å²) in [5.41, 5.74) is -0.390. The van der Waals surface area contributed by atoms with Crippen LogP contribution >= 0.6 is 34.8 Å². The lowest BCUT2D eigenvalue weighted by Crippen LogP contribution is -2.28. The first kappa shape index (κ1) is 16.8. The number of fused-ring (bicyclic) bond motifs is 1. The average Bonchev–Trinajstić information content (AvgIpc) is 2.54. The number of nitrogens with zero attached hydrogens (tertiary/aromatic N) is 2. The van der Waals surface area contributed by atoms with Crippen molar-refractivity contribution in [2.45, 2.75) is 6.54 Å². The monoisotopic (exact) mass is 382 g/mol. The lowest BCUT2D eigenvalue weighted by Gasteiger charge is -2.09. The summed E-state index contributed by atoms with van der Waals surface area (Å²) in [7, 11) is 0. The minimum Gasteiger partial charge on any atom is -0.422 e. The molecule has 0 spiro atoms. The maximum Gasteiger partial charge on any atom is 0.333 e. The van der Waals surface area contributed by atoms with E-state index in [9.17, 15) is 9.59 Å². The molecule has 0 fully saturated rings. The third-order valence-corrected chi connectivity index (χ3v) is 4.00. The molecule has 0 radical (unpaired) electrons. The van der Waals surface area contributed by atoms with Gasteiger partial charge in [-0.2, -0.15) is 5.10 Å². The number of carbonyl (C=O) groups excluding carboxylic acids is 1. The summed E-state index contributed by atoms with van der Waals surface area (Å²) in [5, 5.41) is 5.63. The number of carbonyl (C=O) groups is 1. The summed E-state index contributed by atoms with van der Waals surface area (Å²) in [6.45, 7) is -0.376. The fourth-order valence-corrected chi connectivity index (χ4v) is 3.03. The highest BCUT2D eigenvalue weighted by atomic mass is 35.5. The third-order valence-electron chi connectivity index (χ3n) is 3.22. The van der Waals surface area contributed by atoms with Gasteiger partial charge in [-0.25, -0.2) is 9.48 Å². The van der Waals surface area contributed by atoms with Crippen LogP contribution in [0.5, 0.6) is 5.75 Å². The van der Waals surface area contributed by atoms with Crippen LogP contribution < -0.4 is 10.3 Å². The maximum atomic E-state index is 12.3. The molecule has 24 heavy (non-hydrogen) atoms. The van der Waals surface area contributed by atoms with E-state index in [0.29, 0.717) is 15.8 Å². The van der Waals surface area contributed by atoms with E-state index in [1.54, 1.807) is 24.3 Å². The second-order valence-electron chi connectivity index (χ2n) is 4.87. The normalized spacial score (nSPS) is 10.8. The molecule has 0 atom stereocenters. The molecule has 0 aliphatic rings. The van der Waals surface area contributed by atoms with E-state index in [2.05, 4.69) is 5.10 Å². The maximum absolute atomic E-state index is 12.3. The molecule has 0 saturated heterocycles. The van der Waals surface area contributed by atoms with Crippen molar-refractivity contribution in [2.75, 3.05) is 0 Å². The van der Waals surface area contributed by atoms with Crippen molar-refractivity contribution in [1.82, 2.24) is 9.78 Å². The van der Waals surface area contributed by atoms with Gasteiger partial charge in [0.1, 0.15) is 6.54 Å². The van der Waals surface area contributed by atoms with Crippen LogP contribution in [0.3, 0.4) is 0 Å². The van der Waals surface area contributed by atoms with E-state index in [1.807, 2.05) is 0 Å². The highest BCUT2D eigenvalue weighted by Gasteiger charge is 2.15. The zero-order valence-electron chi connectivity index (χ0n) is 12.0. The molecule has 122 valence electrons. The first-order valence-corrected chi connectivity index (χ1v) is 7.89. The van der Waals surface area contributed by atoms with Gasteiger partial charge in [0.2, 0.25) is 0 Å². The third kappa shape index (κ3) is 3.38. The highest BCUT2D eigenvalue weighted by molar-refractivity contribution is 6.40. The van der Waals surface area contributed by atoms with Gasteiger partial charge in [0, 0.05) is 10.4 Å². The van der Waals surface area contributed by atoms with E-state index >= 15 is 0 Å². The van der Waals surface area contributed by atoms with Crippen LogP contribution in [0, 0.1) is 0 Å². The van der Waals surface area contributed by atoms with Crippen LogP contribution in [-0.4, -0.2) is 15.7 Å². The van der Waals surface area contributed by atoms with E-state index in [0.717, 1.165) is 4.68 Å². The quantitative estimate of drug-likeness (QED) is 0.507. The van der Waals surface area contributed by atoms with Gasteiger partial charge in [0.05, 0.1) is 21.6 Å². The lowest BCUT2D eigenvalue weighted by molar-refractivity contribution is -0.135. The Hall–Kier alpha value is -2.08. The topological polar surface area (TPSA) is 61.2 Å². The molecule has 0 unspecified atom stereocenters. The van der Waals surface area contributed by atoms with Gasteiger partial charge in [-0.3, -0.25) is 4.79 Å². The summed E-state index contributed by atoms with van der Waals surface area (Å²) in [5.74, 6) is -0.743. The van der Waals surface area contributed by atoms with Crippen LogP contribution in [0.25, 0.3) is 10.8 Å². The van der Waals surface area contributed by atoms with Crippen molar-refractivity contribution in [3.63, 3.8) is 0 Å². The number of rotatable bonds is 3. The number of hydrogen-bond acceptors (Lipinski definition) is 4. The number of esters is 1. The highest BCUT2D eigenvalue weighted by Crippen LogP contribution is 2.35. The van der Waals surface area contributed by atoms with Gasteiger partial charge in [-0.15, -0.1) is 0 Å². The Balaban J connectivity index is 1.86. The lowest BCUT2D eigenvalue weighted by atomic mass is 10.2. The summed E-state index contributed by atoms with van der Waals surface area (Å²) >= 11 is 17.7. The van der Waals surface area contributed by atoms with Crippen LogP contribution in [0.1, 0.15) is 0 Å². The van der Waals surface area contributed by atoms with Crippen LogP contribution in [0.15, 0.2) is 47.4 Å². The molecule has 0 bridgehead atoms. The van der Waals surface area contributed by atoms with Crippen LogP contribution in [0.4, 0.5) is 0 Å². The fraction of sp³-hybridized carbons (Fsp3) is 0.0625. The molecular weight excluding hydrogens is 375 g/mol. The largest absolute Gasteiger partial charge is 0.422 e. The molecule has 1 aromatic heterocycles. The number of ether oxygens (including phenoxy) is 1. The number of aromatic nitrogens is 2. The molecule has 2 aromatic carbocycles. The molecule has 3 aromatic rings. The predicted molar refractivity (Wildman–Crippen MR) is 93.1 cm³/mol. The SMILES string of the molecule is O=C(Cn1ncc2ccccc2c1=O)Oc1c(Cl)cc(Cl)cc1Cl. The zero-order chi connectivity index (χ0) is 17.3. The van der Waals surface area contributed by atoms with Crippen molar-refractivity contribution in [2.24, 2.45) is 0 Å². The fourth-order valence-electron chi connectivity index (χ4n) is 2.14. The summed E-state index contributed by atoms with van der Waals surface area (Å²) < 4.78 is 6.16. The molecular formula is C16H9Cl3N2O3. The first-order valence-electron chi connectivity index (χ1n) is 6.76. The number of halogens is 3. The molecule has 3 rings (SSSR count). The van der Waals surface area contributed by atoms with Gasteiger partial charge < -0.3 is 4.74 Å². The van der Waals surface area contributed by atoms with Gasteiger partial charge in [0.25, 0.3) is 5.56 Å². The molecule has 0 aliphatic heterocycles. The Morgan fingerprint density at radius 1 is 1.12 bits per heavy atom. The Kier molecular flexibility index (Phi) is 4.76. The average molecular weight is 384 g/mol. The second kappa shape index (κ2) is 6.81. The van der Waals surface area contributed by atoms with Crippen molar-refractivity contribution in [3.05, 3.63) is 68.0 Å². The Labute approximate surface area is 151 Å². The standard InChI is InChI=1S/C16H9Cl3N2O3/c17-10-5-12(18)15(13(19)6-10)24-14(22)8-21-16(23)11-4-2-1-3-9(11)7-20-21/h1-7H,8H2. The van der Waals surface area contributed by atoms with E-state index in [-0.39, 0.29) is 22.3 Å². The minimum atomic E-state index is -0.731. The molecule has 0 amide bonds. The zero-order valence-corrected chi connectivity index (χ0v) is 14.3. The summed E-state index contributed by atoms with van der Waals surface area (Å²) in [6, 6.07) is 9.76. The van der Waals surface area contributed by atoms with Crippen LogP contribution in [-0.2, 0) is 11.3 Å². The summed E-state index contributed by atoms with van der Waals surface area (Å²) in [4.78, 5) is 24.4. The van der Waals surface area contributed by atoms with Crippen molar-refractivity contribution >= 4 is 51.5 Å². The van der Waals surface area contributed by atoms with Crippen LogP contribution in [0.2, 0.25) is 15.1 Å². The van der Waals surface area contributed by atoms with E-state index in [4.69, 9.17) is 39.5 Å².